The number of rotatable bonds is 8. The predicted octanol–water partition coefficient (Wildman–Crippen LogP) is 4.40. The molecule has 0 amide bonds. The van der Waals surface area contributed by atoms with Crippen LogP contribution >= 0.6 is 0 Å². The molecule has 0 saturated heterocycles. The summed E-state index contributed by atoms with van der Waals surface area (Å²) in [6, 6.07) is 8.15. The number of hydrogen-bond acceptors (Lipinski definition) is 3. The van der Waals surface area contributed by atoms with Crippen molar-refractivity contribution in [3.05, 3.63) is 35.4 Å². The fourth-order valence-electron chi connectivity index (χ4n) is 1.64. The largest absolute Gasteiger partial charge is 0.392 e. The van der Waals surface area contributed by atoms with Gasteiger partial charge >= 0.3 is 0 Å². The van der Waals surface area contributed by atoms with Crippen molar-refractivity contribution in [1.29, 1.82) is 0 Å². The molecule has 0 spiro atoms. The normalized spacial score (nSPS) is 10.0. The number of aliphatic hydroxyl groups is 1. The molecule has 23 heavy (non-hydrogen) atoms. The molecule has 0 unspecified atom stereocenters. The van der Waals surface area contributed by atoms with E-state index in [4.69, 9.17) is 5.11 Å². The van der Waals surface area contributed by atoms with E-state index in [1.54, 1.807) is 0 Å². The average Bonchev–Trinajstić information content (AvgIpc) is 2.62. The second-order valence-corrected chi connectivity index (χ2v) is 5.61. The fourth-order valence-corrected chi connectivity index (χ4v) is 1.64. The SMILES string of the molecule is CC.CCCC.CCN(C)CCN(C)Cc1ccc(CO)cc1. The maximum Gasteiger partial charge on any atom is 0.0681 e. The maximum atomic E-state index is 8.97. The molecule has 3 nitrogen and oxygen atoms in total. The van der Waals surface area contributed by atoms with Crippen molar-refractivity contribution in [3.8, 4) is 0 Å². The molecule has 3 heteroatoms. The molecule has 136 valence electrons. The van der Waals surface area contributed by atoms with Gasteiger partial charge in [0.15, 0.2) is 0 Å². The van der Waals surface area contributed by atoms with E-state index in [0.717, 1.165) is 31.7 Å². The van der Waals surface area contributed by atoms with E-state index in [1.165, 1.54) is 18.4 Å². The van der Waals surface area contributed by atoms with Crippen LogP contribution < -0.4 is 0 Å². The van der Waals surface area contributed by atoms with E-state index in [2.05, 4.69) is 56.8 Å². The summed E-state index contributed by atoms with van der Waals surface area (Å²) in [6.45, 7) is 14.9. The van der Waals surface area contributed by atoms with Gasteiger partial charge in [-0.1, -0.05) is 71.7 Å². The van der Waals surface area contributed by atoms with Crippen molar-refractivity contribution >= 4 is 0 Å². The number of unbranched alkanes of at least 4 members (excludes halogenated alkanes) is 1. The van der Waals surface area contributed by atoms with Crippen LogP contribution in [0.1, 0.15) is 58.6 Å². The van der Waals surface area contributed by atoms with Crippen molar-refractivity contribution in [1.82, 2.24) is 9.80 Å². The summed E-state index contributed by atoms with van der Waals surface area (Å²) in [5.41, 5.74) is 2.27. The Labute approximate surface area is 145 Å². The van der Waals surface area contributed by atoms with Gasteiger partial charge in [-0.3, -0.25) is 0 Å². The first kappa shape index (κ1) is 24.4. The first-order valence-corrected chi connectivity index (χ1v) is 9.13. The second kappa shape index (κ2) is 17.5. The van der Waals surface area contributed by atoms with E-state index in [9.17, 15) is 0 Å². The van der Waals surface area contributed by atoms with Gasteiger partial charge in [0.25, 0.3) is 0 Å². The highest BCUT2D eigenvalue weighted by Gasteiger charge is 2.02. The molecule has 0 saturated carbocycles. The molecular weight excluding hydrogens is 284 g/mol. The number of nitrogens with zero attached hydrogens (tertiary/aromatic N) is 2. The fraction of sp³-hybridized carbons (Fsp3) is 0.700. The minimum atomic E-state index is 0.122. The molecule has 1 N–H and O–H groups in total. The highest BCUT2D eigenvalue weighted by atomic mass is 16.3. The van der Waals surface area contributed by atoms with Gasteiger partial charge in [0, 0.05) is 19.6 Å². The minimum Gasteiger partial charge on any atom is -0.392 e. The molecule has 0 fully saturated rings. The van der Waals surface area contributed by atoms with Crippen molar-refractivity contribution in [2.75, 3.05) is 33.7 Å². The van der Waals surface area contributed by atoms with Crippen LogP contribution in [0.2, 0.25) is 0 Å². The van der Waals surface area contributed by atoms with Gasteiger partial charge in [-0.15, -0.1) is 0 Å². The van der Waals surface area contributed by atoms with Gasteiger partial charge in [-0.25, -0.2) is 0 Å². The number of likely N-dealkylation sites (N-methyl/N-ethyl adjacent to an activating group) is 2. The van der Waals surface area contributed by atoms with Crippen molar-refractivity contribution in [3.63, 3.8) is 0 Å². The third-order valence-corrected chi connectivity index (χ3v) is 3.56. The average molecular weight is 325 g/mol. The van der Waals surface area contributed by atoms with E-state index >= 15 is 0 Å². The van der Waals surface area contributed by atoms with Crippen LogP contribution in [0.4, 0.5) is 0 Å². The molecule has 0 aromatic heterocycles. The van der Waals surface area contributed by atoms with Gasteiger partial charge in [0.1, 0.15) is 0 Å². The number of aliphatic hydroxyl groups excluding tert-OH is 1. The zero-order valence-electron chi connectivity index (χ0n) is 16.6. The van der Waals surface area contributed by atoms with Crippen LogP contribution in [0, 0.1) is 0 Å². The Morgan fingerprint density at radius 2 is 1.22 bits per heavy atom. The molecule has 0 aliphatic rings. The topological polar surface area (TPSA) is 26.7 Å². The quantitative estimate of drug-likeness (QED) is 0.768. The number of hydrogen-bond donors (Lipinski definition) is 1. The standard InChI is InChI=1S/C14H24N2O.C4H10.C2H6/c1-4-15(2)9-10-16(3)11-13-5-7-14(12-17)8-6-13;1-3-4-2;1-2/h5-8,17H,4,9-12H2,1-3H3;3-4H2,1-2H3;1-2H3. The Bertz CT molecular complexity index is 336. The first-order chi connectivity index (χ1) is 11.1. The zero-order chi connectivity index (χ0) is 18.1. The lowest BCUT2D eigenvalue weighted by atomic mass is 10.1. The van der Waals surface area contributed by atoms with E-state index < -0.39 is 0 Å². The first-order valence-electron chi connectivity index (χ1n) is 9.13. The lowest BCUT2D eigenvalue weighted by molar-refractivity contribution is 0.258. The Balaban J connectivity index is 0. The zero-order valence-corrected chi connectivity index (χ0v) is 16.6. The van der Waals surface area contributed by atoms with Crippen LogP contribution in [0.5, 0.6) is 0 Å². The van der Waals surface area contributed by atoms with Crippen molar-refractivity contribution in [2.24, 2.45) is 0 Å². The molecule has 0 heterocycles. The highest BCUT2D eigenvalue weighted by Crippen LogP contribution is 2.06. The summed E-state index contributed by atoms with van der Waals surface area (Å²) >= 11 is 0. The summed E-state index contributed by atoms with van der Waals surface area (Å²) in [5.74, 6) is 0. The van der Waals surface area contributed by atoms with Crippen molar-refractivity contribution in [2.45, 2.75) is 60.6 Å². The summed E-state index contributed by atoms with van der Waals surface area (Å²) < 4.78 is 0. The van der Waals surface area contributed by atoms with Gasteiger partial charge in [-0.05, 0) is 31.8 Å². The summed E-state index contributed by atoms with van der Waals surface area (Å²) in [6.07, 6.45) is 2.64. The van der Waals surface area contributed by atoms with Crippen LogP contribution in [0.15, 0.2) is 24.3 Å². The molecular formula is C20H40N2O. The molecule has 1 aromatic carbocycles. The molecule has 1 aromatic rings. The highest BCUT2D eigenvalue weighted by molar-refractivity contribution is 5.21. The Hall–Kier alpha value is -0.900. The van der Waals surface area contributed by atoms with E-state index in [0.29, 0.717) is 0 Å². The van der Waals surface area contributed by atoms with Crippen LogP contribution in [0.25, 0.3) is 0 Å². The van der Waals surface area contributed by atoms with Gasteiger partial charge in [0.05, 0.1) is 6.61 Å². The Kier molecular flexibility index (Phi) is 18.5. The Morgan fingerprint density at radius 1 is 0.783 bits per heavy atom. The lowest BCUT2D eigenvalue weighted by Crippen LogP contribution is -2.30. The van der Waals surface area contributed by atoms with E-state index in [-0.39, 0.29) is 6.61 Å². The predicted molar refractivity (Wildman–Crippen MR) is 104 cm³/mol. The third-order valence-electron chi connectivity index (χ3n) is 3.56. The Morgan fingerprint density at radius 3 is 1.61 bits per heavy atom. The third kappa shape index (κ3) is 14.4. The monoisotopic (exact) mass is 324 g/mol. The summed E-state index contributed by atoms with van der Waals surface area (Å²) in [5, 5.41) is 8.97. The lowest BCUT2D eigenvalue weighted by Gasteiger charge is -2.21. The molecule has 0 aliphatic heterocycles. The maximum absolute atomic E-state index is 8.97. The molecule has 0 aliphatic carbocycles. The molecule has 1 rings (SSSR count). The second-order valence-electron chi connectivity index (χ2n) is 5.61. The van der Waals surface area contributed by atoms with Crippen molar-refractivity contribution < 1.29 is 5.11 Å². The summed E-state index contributed by atoms with van der Waals surface area (Å²) in [4.78, 5) is 4.63. The summed E-state index contributed by atoms with van der Waals surface area (Å²) in [7, 11) is 4.29. The number of benzene rings is 1. The minimum absolute atomic E-state index is 0.122. The van der Waals surface area contributed by atoms with Crippen LogP contribution in [0.3, 0.4) is 0 Å². The smallest absolute Gasteiger partial charge is 0.0681 e. The molecule has 0 bridgehead atoms. The van der Waals surface area contributed by atoms with Crippen LogP contribution in [-0.4, -0.2) is 48.6 Å². The van der Waals surface area contributed by atoms with Gasteiger partial charge < -0.3 is 14.9 Å². The van der Waals surface area contributed by atoms with Crippen LogP contribution in [-0.2, 0) is 13.2 Å². The molecule has 0 atom stereocenters. The van der Waals surface area contributed by atoms with E-state index in [1.807, 2.05) is 26.0 Å². The van der Waals surface area contributed by atoms with Gasteiger partial charge in [0.2, 0.25) is 0 Å². The molecule has 0 radical (unpaired) electrons. The van der Waals surface area contributed by atoms with Gasteiger partial charge in [-0.2, -0.15) is 0 Å².